The zero-order valence-electron chi connectivity index (χ0n) is 13.4. The van der Waals surface area contributed by atoms with E-state index in [1.165, 1.54) is 25.7 Å². The standard InChI is InChI=1S/C21H28/c1-21(2,15-9-3-4-10-15)20-18-13-7-5-11-16(18)17-12-6-8-14-19(17)20/h5-8,11-20H,3-4,9-10H2,1-2H3. The van der Waals surface area contributed by atoms with Crippen molar-refractivity contribution in [3.05, 3.63) is 48.6 Å². The van der Waals surface area contributed by atoms with Gasteiger partial charge in [-0.1, -0.05) is 75.3 Å². The molecule has 0 heterocycles. The van der Waals surface area contributed by atoms with Crippen LogP contribution in [-0.2, 0) is 0 Å². The molecule has 2 saturated carbocycles. The minimum absolute atomic E-state index is 0.462. The van der Waals surface area contributed by atoms with Crippen LogP contribution in [0.1, 0.15) is 39.5 Å². The predicted octanol–water partition coefficient (Wildman–Crippen LogP) is 5.55. The zero-order chi connectivity index (χ0) is 14.4. The van der Waals surface area contributed by atoms with E-state index in [2.05, 4.69) is 62.5 Å². The van der Waals surface area contributed by atoms with Gasteiger partial charge in [0.1, 0.15) is 0 Å². The average molecular weight is 280 g/mol. The van der Waals surface area contributed by atoms with Crippen LogP contribution in [0.25, 0.3) is 0 Å². The largest absolute Gasteiger partial charge is 0.0805 e. The van der Waals surface area contributed by atoms with E-state index in [1.54, 1.807) is 0 Å². The second-order valence-electron chi connectivity index (χ2n) is 8.18. The van der Waals surface area contributed by atoms with Gasteiger partial charge in [-0.2, -0.15) is 0 Å². The summed E-state index contributed by atoms with van der Waals surface area (Å²) >= 11 is 0. The summed E-state index contributed by atoms with van der Waals surface area (Å²) in [5.74, 6) is 4.68. The Labute approximate surface area is 129 Å². The second-order valence-corrected chi connectivity index (χ2v) is 8.18. The van der Waals surface area contributed by atoms with Gasteiger partial charge in [-0.25, -0.2) is 0 Å². The molecule has 21 heavy (non-hydrogen) atoms. The van der Waals surface area contributed by atoms with Crippen molar-refractivity contribution >= 4 is 0 Å². The van der Waals surface area contributed by atoms with Crippen LogP contribution < -0.4 is 0 Å². The normalized spacial score (nSPS) is 41.5. The summed E-state index contributed by atoms with van der Waals surface area (Å²) in [6.45, 7) is 5.15. The number of hydrogen-bond donors (Lipinski definition) is 0. The van der Waals surface area contributed by atoms with E-state index in [-0.39, 0.29) is 0 Å². The van der Waals surface area contributed by atoms with Gasteiger partial charge in [-0.05, 0) is 53.8 Å². The van der Waals surface area contributed by atoms with Crippen molar-refractivity contribution in [2.24, 2.45) is 40.9 Å². The molecule has 0 spiro atoms. The molecule has 4 aliphatic carbocycles. The van der Waals surface area contributed by atoms with Gasteiger partial charge < -0.3 is 0 Å². The van der Waals surface area contributed by atoms with E-state index in [9.17, 15) is 0 Å². The van der Waals surface area contributed by atoms with Crippen molar-refractivity contribution in [3.63, 3.8) is 0 Å². The quantitative estimate of drug-likeness (QED) is 0.622. The van der Waals surface area contributed by atoms with E-state index in [0.717, 1.165) is 35.5 Å². The van der Waals surface area contributed by atoms with E-state index in [0.29, 0.717) is 5.41 Å². The molecular formula is C21H28. The minimum atomic E-state index is 0.462. The van der Waals surface area contributed by atoms with E-state index in [4.69, 9.17) is 0 Å². The van der Waals surface area contributed by atoms with Crippen molar-refractivity contribution in [2.45, 2.75) is 39.5 Å². The number of hydrogen-bond acceptors (Lipinski definition) is 0. The number of rotatable bonds is 2. The Kier molecular flexibility index (Phi) is 3.24. The molecule has 0 nitrogen and oxygen atoms in total. The van der Waals surface area contributed by atoms with Crippen LogP contribution in [0.5, 0.6) is 0 Å². The molecule has 0 aliphatic heterocycles. The summed E-state index contributed by atoms with van der Waals surface area (Å²) in [7, 11) is 0. The summed E-state index contributed by atoms with van der Waals surface area (Å²) in [5.41, 5.74) is 0.462. The average Bonchev–Trinajstić information content (AvgIpc) is 3.14. The molecule has 0 aromatic rings. The maximum Gasteiger partial charge on any atom is -0.00954 e. The van der Waals surface area contributed by atoms with Crippen molar-refractivity contribution < 1.29 is 0 Å². The van der Waals surface area contributed by atoms with Crippen LogP contribution in [-0.4, -0.2) is 0 Å². The highest BCUT2D eigenvalue weighted by Gasteiger charge is 2.54. The lowest BCUT2D eigenvalue weighted by molar-refractivity contribution is 0.0751. The maximum atomic E-state index is 2.57. The monoisotopic (exact) mass is 280 g/mol. The third-order valence-electron chi connectivity index (χ3n) is 6.98. The summed E-state index contributed by atoms with van der Waals surface area (Å²) in [6, 6.07) is 0. The first-order chi connectivity index (χ1) is 10.2. The molecule has 0 aromatic heterocycles. The van der Waals surface area contributed by atoms with Gasteiger partial charge in [0, 0.05) is 0 Å². The summed E-state index contributed by atoms with van der Waals surface area (Å²) in [6.07, 6.45) is 25.0. The Bertz CT molecular complexity index is 476. The molecule has 0 N–H and O–H groups in total. The van der Waals surface area contributed by atoms with Crippen LogP contribution in [0.15, 0.2) is 48.6 Å². The third-order valence-corrected chi connectivity index (χ3v) is 6.98. The first-order valence-corrected chi connectivity index (χ1v) is 8.89. The summed E-state index contributed by atoms with van der Waals surface area (Å²) < 4.78 is 0. The van der Waals surface area contributed by atoms with Crippen molar-refractivity contribution in [1.29, 1.82) is 0 Å². The highest BCUT2D eigenvalue weighted by Crippen LogP contribution is 2.60. The highest BCUT2D eigenvalue weighted by atomic mass is 14.6. The van der Waals surface area contributed by atoms with E-state index < -0.39 is 0 Å². The molecule has 0 heteroatoms. The molecule has 4 atom stereocenters. The molecule has 4 unspecified atom stereocenters. The summed E-state index contributed by atoms with van der Waals surface area (Å²) in [5, 5.41) is 0. The first kappa shape index (κ1) is 13.6. The fourth-order valence-corrected chi connectivity index (χ4v) is 5.96. The van der Waals surface area contributed by atoms with Crippen LogP contribution in [0, 0.1) is 40.9 Å². The zero-order valence-corrected chi connectivity index (χ0v) is 13.4. The summed E-state index contributed by atoms with van der Waals surface area (Å²) in [4.78, 5) is 0. The van der Waals surface area contributed by atoms with Gasteiger partial charge in [0.05, 0.1) is 0 Å². The van der Waals surface area contributed by atoms with Gasteiger partial charge in [0.2, 0.25) is 0 Å². The lowest BCUT2D eigenvalue weighted by atomic mass is 9.61. The molecular weight excluding hydrogens is 252 g/mol. The highest BCUT2D eigenvalue weighted by molar-refractivity contribution is 5.29. The third kappa shape index (κ3) is 2.02. The Morgan fingerprint density at radius 2 is 1.10 bits per heavy atom. The Hall–Kier alpha value is -1.04. The molecule has 112 valence electrons. The first-order valence-electron chi connectivity index (χ1n) is 8.89. The smallest absolute Gasteiger partial charge is 0.00954 e. The van der Waals surface area contributed by atoms with Crippen molar-refractivity contribution in [2.75, 3.05) is 0 Å². The fraction of sp³-hybridized carbons (Fsp3) is 0.619. The van der Waals surface area contributed by atoms with Crippen LogP contribution >= 0.6 is 0 Å². The Balaban J connectivity index is 1.72. The molecule has 0 saturated heterocycles. The van der Waals surface area contributed by atoms with Gasteiger partial charge in [-0.3, -0.25) is 0 Å². The number of fused-ring (bicyclic) bond motifs is 3. The van der Waals surface area contributed by atoms with Gasteiger partial charge >= 0.3 is 0 Å². The van der Waals surface area contributed by atoms with Gasteiger partial charge in [0.25, 0.3) is 0 Å². The Morgan fingerprint density at radius 1 is 0.667 bits per heavy atom. The fourth-order valence-electron chi connectivity index (χ4n) is 5.96. The maximum absolute atomic E-state index is 2.57. The van der Waals surface area contributed by atoms with Crippen LogP contribution in [0.3, 0.4) is 0 Å². The molecule has 4 rings (SSSR count). The molecule has 0 bridgehead atoms. The SMILES string of the molecule is CC(C)(C1CCCC1)C1C2C=CC=CC2C2C=CC=CC21. The molecule has 0 radical (unpaired) electrons. The molecule has 0 amide bonds. The lowest BCUT2D eigenvalue weighted by Crippen LogP contribution is -2.37. The topological polar surface area (TPSA) is 0 Å². The molecule has 0 aromatic carbocycles. The predicted molar refractivity (Wildman–Crippen MR) is 89.7 cm³/mol. The number of allylic oxidation sites excluding steroid dienone is 8. The van der Waals surface area contributed by atoms with E-state index in [1.807, 2.05) is 0 Å². The van der Waals surface area contributed by atoms with Crippen LogP contribution in [0.4, 0.5) is 0 Å². The van der Waals surface area contributed by atoms with Crippen molar-refractivity contribution in [3.8, 4) is 0 Å². The van der Waals surface area contributed by atoms with Crippen molar-refractivity contribution in [1.82, 2.24) is 0 Å². The van der Waals surface area contributed by atoms with Crippen LogP contribution in [0.2, 0.25) is 0 Å². The van der Waals surface area contributed by atoms with Gasteiger partial charge in [-0.15, -0.1) is 0 Å². The van der Waals surface area contributed by atoms with E-state index >= 15 is 0 Å². The molecule has 4 aliphatic rings. The second kappa shape index (κ2) is 5.00. The van der Waals surface area contributed by atoms with Gasteiger partial charge in [0.15, 0.2) is 0 Å². The minimum Gasteiger partial charge on any atom is -0.0805 e. The molecule has 2 fully saturated rings. The Morgan fingerprint density at radius 3 is 1.57 bits per heavy atom. The lowest BCUT2D eigenvalue weighted by Gasteiger charge is -2.43.